The van der Waals surface area contributed by atoms with Crippen molar-refractivity contribution in [2.45, 2.75) is 18.6 Å². The monoisotopic (exact) mass is 305 g/mol. The topological polar surface area (TPSA) is 66.0 Å². The van der Waals surface area contributed by atoms with Crippen molar-refractivity contribution in [1.82, 2.24) is 10.2 Å². The summed E-state index contributed by atoms with van der Waals surface area (Å²) in [6, 6.07) is -0.419. The minimum atomic E-state index is -0.979. The first-order valence-electron chi connectivity index (χ1n) is 7.06. The van der Waals surface area contributed by atoms with Gasteiger partial charge in [-0.2, -0.15) is 0 Å². The lowest BCUT2D eigenvalue weighted by Crippen LogP contribution is -2.53. The van der Waals surface area contributed by atoms with Gasteiger partial charge in [0.1, 0.15) is 18.3 Å². The summed E-state index contributed by atoms with van der Waals surface area (Å²) < 4.78 is 14.2. The first kappa shape index (κ1) is 17.7. The standard InChI is InChI=1S/C16H24FN5/c1-5-13(3)22-9-7-14(17)15(10-22)21-16(20-11-19-4)12(2)6-8-18/h5-6,8,11,14-15H,1-3,7,9-10,18H2,4H3,(H,19,20,21)/b8-6-. The molecular weight excluding hydrogens is 281 g/mol. The number of piperidine rings is 1. The number of hydrogen-bond donors (Lipinski definition) is 2. The van der Waals surface area contributed by atoms with Crippen molar-refractivity contribution in [2.24, 2.45) is 15.7 Å². The summed E-state index contributed by atoms with van der Waals surface area (Å²) in [5.41, 5.74) is 6.72. The Labute approximate surface area is 131 Å². The van der Waals surface area contributed by atoms with Gasteiger partial charge in [0.25, 0.3) is 0 Å². The number of rotatable bonds is 6. The van der Waals surface area contributed by atoms with Gasteiger partial charge in [-0.05, 0) is 24.8 Å². The van der Waals surface area contributed by atoms with Crippen molar-refractivity contribution in [3.63, 3.8) is 0 Å². The molecule has 0 aromatic rings. The molecule has 0 saturated carbocycles. The average molecular weight is 305 g/mol. The molecule has 0 bridgehead atoms. The number of nitrogens with two attached hydrogens (primary N) is 1. The summed E-state index contributed by atoms with van der Waals surface area (Å²) >= 11 is 0. The third-order valence-corrected chi connectivity index (χ3v) is 3.40. The zero-order valence-electron chi connectivity index (χ0n) is 13.0. The summed E-state index contributed by atoms with van der Waals surface area (Å²) in [6.45, 7) is 12.6. The highest BCUT2D eigenvalue weighted by atomic mass is 19.1. The average Bonchev–Trinajstić information content (AvgIpc) is 2.52. The molecule has 5 nitrogen and oxygen atoms in total. The second kappa shape index (κ2) is 8.81. The molecule has 0 aromatic carbocycles. The van der Waals surface area contributed by atoms with Crippen LogP contribution in [0.5, 0.6) is 0 Å². The van der Waals surface area contributed by atoms with Crippen LogP contribution < -0.4 is 11.1 Å². The molecule has 1 aliphatic heterocycles. The number of likely N-dealkylation sites (tertiary alicyclic amines) is 1. The molecule has 0 amide bonds. The quantitative estimate of drug-likeness (QED) is 0.446. The van der Waals surface area contributed by atoms with Gasteiger partial charge >= 0.3 is 0 Å². The Kier molecular flexibility index (Phi) is 7.08. The molecule has 2 unspecified atom stereocenters. The van der Waals surface area contributed by atoms with Crippen molar-refractivity contribution in [2.75, 3.05) is 20.1 Å². The van der Waals surface area contributed by atoms with Crippen LogP contribution >= 0.6 is 0 Å². The summed E-state index contributed by atoms with van der Waals surface area (Å²) in [5, 5.41) is 3.09. The van der Waals surface area contributed by atoms with Crippen molar-refractivity contribution < 1.29 is 4.39 Å². The molecule has 1 fully saturated rings. The van der Waals surface area contributed by atoms with Crippen LogP contribution in [0.2, 0.25) is 0 Å². The molecule has 0 aliphatic carbocycles. The van der Waals surface area contributed by atoms with Crippen molar-refractivity contribution in [3.8, 4) is 0 Å². The predicted octanol–water partition coefficient (Wildman–Crippen LogP) is 1.77. The number of aliphatic imine (C=N–C) groups is 2. The highest BCUT2D eigenvalue weighted by molar-refractivity contribution is 6.03. The fraction of sp³-hybridized carbons (Fsp3) is 0.375. The maximum Gasteiger partial charge on any atom is 0.134 e. The normalized spacial score (nSPS) is 23.0. The number of alkyl halides is 1. The number of nitrogens with one attached hydrogen (secondary N) is 1. The molecule has 1 saturated heterocycles. The molecule has 6 heteroatoms. The van der Waals surface area contributed by atoms with Crippen LogP contribution in [0.4, 0.5) is 4.39 Å². The molecular formula is C16H24FN5. The Morgan fingerprint density at radius 1 is 1.45 bits per heavy atom. The summed E-state index contributed by atoms with van der Waals surface area (Å²) in [4.78, 5) is 9.96. The van der Waals surface area contributed by atoms with Gasteiger partial charge in [0.2, 0.25) is 0 Å². The number of allylic oxidation sites excluding steroid dienone is 1. The molecule has 120 valence electrons. The maximum atomic E-state index is 14.2. The fourth-order valence-corrected chi connectivity index (χ4v) is 2.15. The minimum absolute atomic E-state index is 0.416. The third kappa shape index (κ3) is 4.87. The van der Waals surface area contributed by atoms with Gasteiger partial charge in [-0.25, -0.2) is 9.38 Å². The lowest BCUT2D eigenvalue weighted by Gasteiger charge is -2.37. The second-order valence-corrected chi connectivity index (χ2v) is 4.93. The van der Waals surface area contributed by atoms with Crippen LogP contribution in [-0.4, -0.2) is 49.4 Å². The Morgan fingerprint density at radius 3 is 2.77 bits per heavy atom. The zero-order valence-corrected chi connectivity index (χ0v) is 13.0. The summed E-state index contributed by atoms with van der Waals surface area (Å²) in [7, 11) is 1.61. The van der Waals surface area contributed by atoms with Gasteiger partial charge in [0.05, 0.1) is 6.04 Å². The van der Waals surface area contributed by atoms with Crippen LogP contribution in [0.1, 0.15) is 6.42 Å². The predicted molar refractivity (Wildman–Crippen MR) is 91.7 cm³/mol. The van der Waals surface area contributed by atoms with E-state index in [0.29, 0.717) is 30.9 Å². The molecule has 3 N–H and O–H groups in total. The van der Waals surface area contributed by atoms with E-state index in [9.17, 15) is 4.39 Å². The van der Waals surface area contributed by atoms with Gasteiger partial charge < -0.3 is 16.0 Å². The van der Waals surface area contributed by atoms with Crippen LogP contribution in [0.25, 0.3) is 0 Å². The highest BCUT2D eigenvalue weighted by Gasteiger charge is 2.30. The number of halogens is 1. The van der Waals surface area contributed by atoms with E-state index in [2.05, 4.69) is 35.0 Å². The molecule has 0 spiro atoms. The highest BCUT2D eigenvalue weighted by Crippen LogP contribution is 2.18. The maximum absolute atomic E-state index is 14.2. The Balaban J connectivity index is 2.87. The molecule has 2 atom stereocenters. The molecule has 1 rings (SSSR count). The van der Waals surface area contributed by atoms with Gasteiger partial charge in [0, 0.05) is 31.4 Å². The summed E-state index contributed by atoms with van der Waals surface area (Å²) in [6.07, 6.45) is 5.46. The van der Waals surface area contributed by atoms with Gasteiger partial charge in [-0.15, -0.1) is 0 Å². The first-order valence-corrected chi connectivity index (χ1v) is 7.06. The van der Waals surface area contributed by atoms with E-state index in [-0.39, 0.29) is 0 Å². The smallest absolute Gasteiger partial charge is 0.134 e. The van der Waals surface area contributed by atoms with E-state index in [1.807, 2.05) is 4.90 Å². The molecule has 0 aromatic heterocycles. The SMILES string of the molecule is C=CC(=C)N1CCC(F)C(N/C(=N/C=N\C)C(=C)/C=C\N)C1. The van der Waals surface area contributed by atoms with Crippen molar-refractivity contribution >= 4 is 12.2 Å². The summed E-state index contributed by atoms with van der Waals surface area (Å²) in [5.74, 6) is 0.450. The van der Waals surface area contributed by atoms with Gasteiger partial charge in [-0.1, -0.05) is 19.7 Å². The van der Waals surface area contributed by atoms with Crippen LogP contribution in [0.15, 0.2) is 59.3 Å². The molecule has 0 radical (unpaired) electrons. The van der Waals surface area contributed by atoms with Crippen molar-refractivity contribution in [3.05, 3.63) is 49.4 Å². The molecule has 22 heavy (non-hydrogen) atoms. The Morgan fingerprint density at radius 2 is 2.18 bits per heavy atom. The molecule has 1 heterocycles. The van der Waals surface area contributed by atoms with Gasteiger partial charge in [0.15, 0.2) is 0 Å². The first-order chi connectivity index (χ1) is 10.5. The van der Waals surface area contributed by atoms with Crippen molar-refractivity contribution in [1.29, 1.82) is 0 Å². The van der Waals surface area contributed by atoms with E-state index >= 15 is 0 Å². The van der Waals surface area contributed by atoms with E-state index < -0.39 is 12.2 Å². The minimum Gasteiger partial charge on any atom is -0.405 e. The molecule has 1 aliphatic rings. The van der Waals surface area contributed by atoms with Gasteiger partial charge in [-0.3, -0.25) is 4.99 Å². The third-order valence-electron chi connectivity index (χ3n) is 3.40. The Bertz CT molecular complexity index is 507. The van der Waals surface area contributed by atoms with E-state index in [0.717, 1.165) is 5.70 Å². The van der Waals surface area contributed by atoms with E-state index in [1.165, 1.54) is 12.5 Å². The lowest BCUT2D eigenvalue weighted by atomic mass is 10.0. The number of amidine groups is 1. The fourth-order valence-electron chi connectivity index (χ4n) is 2.15. The van der Waals surface area contributed by atoms with E-state index in [1.54, 1.807) is 19.2 Å². The van der Waals surface area contributed by atoms with Crippen LogP contribution in [-0.2, 0) is 0 Å². The second-order valence-electron chi connectivity index (χ2n) is 4.93. The van der Waals surface area contributed by atoms with E-state index in [4.69, 9.17) is 5.73 Å². The number of nitrogens with zero attached hydrogens (tertiary/aromatic N) is 3. The number of hydrogen-bond acceptors (Lipinski definition) is 3. The van der Waals surface area contributed by atoms with Crippen LogP contribution in [0.3, 0.4) is 0 Å². The Hall–Kier alpha value is -2.37. The zero-order chi connectivity index (χ0) is 16.5. The largest absolute Gasteiger partial charge is 0.405 e. The van der Waals surface area contributed by atoms with Crippen LogP contribution in [0, 0.1) is 0 Å². The lowest BCUT2D eigenvalue weighted by molar-refractivity contribution is 0.146.